The van der Waals surface area contributed by atoms with Crippen LogP contribution in [-0.4, -0.2) is 57.6 Å². The molecule has 1 fully saturated rings. The molecule has 34 heavy (non-hydrogen) atoms. The van der Waals surface area contributed by atoms with Crippen molar-refractivity contribution in [1.82, 2.24) is 24.1 Å². The first-order chi connectivity index (χ1) is 16.3. The Morgan fingerprint density at radius 1 is 1.09 bits per heavy atom. The summed E-state index contributed by atoms with van der Waals surface area (Å²) in [6.07, 6.45) is 0.969. The van der Waals surface area contributed by atoms with Crippen LogP contribution < -0.4 is 10.1 Å². The summed E-state index contributed by atoms with van der Waals surface area (Å²) < 4.78 is 34.9. The number of carbonyl (C=O) groups excluding carboxylic acids is 1. The van der Waals surface area contributed by atoms with Gasteiger partial charge in [0.15, 0.2) is 11.8 Å². The summed E-state index contributed by atoms with van der Waals surface area (Å²) in [6.45, 7) is 2.70. The third kappa shape index (κ3) is 3.97. The molecule has 3 heterocycles. The lowest BCUT2D eigenvalue weighted by Gasteiger charge is -2.15. The molecule has 2 aromatic carbocycles. The van der Waals surface area contributed by atoms with Crippen LogP contribution in [0.5, 0.6) is 5.75 Å². The van der Waals surface area contributed by atoms with E-state index in [2.05, 4.69) is 20.5 Å². The van der Waals surface area contributed by atoms with E-state index in [1.165, 1.54) is 4.31 Å². The molecule has 1 aliphatic heterocycles. The van der Waals surface area contributed by atoms with E-state index in [1.54, 1.807) is 48.9 Å². The van der Waals surface area contributed by atoms with E-state index in [0.717, 1.165) is 18.4 Å². The number of aromatic nitrogens is 4. The van der Waals surface area contributed by atoms with Gasteiger partial charge in [0.05, 0.1) is 10.4 Å². The molecule has 5 rings (SSSR count). The molecule has 1 N–H and O–H groups in total. The molecule has 10 nitrogen and oxygen atoms in total. The van der Waals surface area contributed by atoms with Gasteiger partial charge in [-0.1, -0.05) is 18.2 Å². The molecule has 1 saturated heterocycles. The van der Waals surface area contributed by atoms with Crippen molar-refractivity contribution in [3.8, 4) is 5.75 Å². The second-order valence-electron chi connectivity index (χ2n) is 8.22. The van der Waals surface area contributed by atoms with Crippen molar-refractivity contribution < 1.29 is 17.9 Å². The molecule has 0 aliphatic carbocycles. The minimum Gasteiger partial charge on any atom is -0.481 e. The normalized spacial score (nSPS) is 15.6. The number of benzene rings is 2. The molecule has 1 unspecified atom stereocenters. The zero-order valence-electron chi connectivity index (χ0n) is 18.8. The third-order valence-electron chi connectivity index (χ3n) is 5.93. The van der Waals surface area contributed by atoms with Gasteiger partial charge in [0, 0.05) is 25.5 Å². The first kappa shape index (κ1) is 22.2. The number of rotatable bonds is 6. The number of fused-ring (bicyclic) bond motifs is 3. The van der Waals surface area contributed by atoms with Crippen LogP contribution in [-0.2, 0) is 21.9 Å². The van der Waals surface area contributed by atoms with Gasteiger partial charge in [-0.3, -0.25) is 10.1 Å². The average Bonchev–Trinajstić information content (AvgIpc) is 3.48. The highest BCUT2D eigenvalue weighted by Crippen LogP contribution is 2.30. The van der Waals surface area contributed by atoms with Crippen molar-refractivity contribution in [1.29, 1.82) is 0 Å². The Bertz CT molecular complexity index is 1480. The van der Waals surface area contributed by atoms with Crippen molar-refractivity contribution in [3.05, 3.63) is 48.5 Å². The van der Waals surface area contributed by atoms with E-state index in [0.29, 0.717) is 35.4 Å². The number of carbonyl (C=O) groups is 1. The molecule has 176 valence electrons. The number of nitrogens with zero attached hydrogens (tertiary/aromatic N) is 5. The maximum atomic E-state index is 13.0. The maximum absolute atomic E-state index is 13.0. The Labute approximate surface area is 196 Å². The summed E-state index contributed by atoms with van der Waals surface area (Å²) in [7, 11) is -1.76. The summed E-state index contributed by atoms with van der Waals surface area (Å²) >= 11 is 0. The van der Waals surface area contributed by atoms with Gasteiger partial charge in [0.2, 0.25) is 10.0 Å². The van der Waals surface area contributed by atoms with Crippen LogP contribution in [0.3, 0.4) is 0 Å². The quantitative estimate of drug-likeness (QED) is 0.451. The Morgan fingerprint density at radius 3 is 2.56 bits per heavy atom. The SMILES string of the molecule is CC(Oc1ccccc1)C(=O)Nc1nnc2c3cc(S(=O)(=O)N4CCCC4)ccc3n(C)c2n1. The zero-order chi connectivity index (χ0) is 23.9. The van der Waals surface area contributed by atoms with Gasteiger partial charge in [-0.25, -0.2) is 8.42 Å². The molecule has 1 atom stereocenters. The van der Waals surface area contributed by atoms with Crippen LogP contribution in [0.15, 0.2) is 53.4 Å². The number of hydrogen-bond acceptors (Lipinski definition) is 7. The molecular weight excluding hydrogens is 456 g/mol. The lowest BCUT2D eigenvalue weighted by atomic mass is 10.2. The molecule has 1 amide bonds. The largest absolute Gasteiger partial charge is 0.481 e. The van der Waals surface area contributed by atoms with E-state index < -0.39 is 22.0 Å². The predicted molar refractivity (Wildman–Crippen MR) is 127 cm³/mol. The fraction of sp³-hybridized carbons (Fsp3) is 0.304. The van der Waals surface area contributed by atoms with Crippen LogP contribution in [0.2, 0.25) is 0 Å². The third-order valence-corrected chi connectivity index (χ3v) is 7.83. The van der Waals surface area contributed by atoms with E-state index in [9.17, 15) is 13.2 Å². The Balaban J connectivity index is 1.43. The topological polar surface area (TPSA) is 119 Å². The van der Waals surface area contributed by atoms with Crippen LogP contribution >= 0.6 is 0 Å². The first-order valence-electron chi connectivity index (χ1n) is 11.0. The highest BCUT2D eigenvalue weighted by Gasteiger charge is 2.28. The molecule has 0 bridgehead atoms. The Hall–Kier alpha value is -3.57. The maximum Gasteiger partial charge on any atom is 0.267 e. The molecule has 0 spiro atoms. The van der Waals surface area contributed by atoms with Gasteiger partial charge in [-0.05, 0) is 50.1 Å². The fourth-order valence-corrected chi connectivity index (χ4v) is 5.64. The second-order valence-corrected chi connectivity index (χ2v) is 10.2. The van der Waals surface area contributed by atoms with Gasteiger partial charge >= 0.3 is 0 Å². The smallest absolute Gasteiger partial charge is 0.267 e. The van der Waals surface area contributed by atoms with E-state index >= 15 is 0 Å². The summed E-state index contributed by atoms with van der Waals surface area (Å²) in [4.78, 5) is 17.2. The van der Waals surface area contributed by atoms with Crippen molar-refractivity contribution in [2.75, 3.05) is 18.4 Å². The number of amides is 1. The Kier molecular flexibility index (Phi) is 5.66. The first-order valence-corrected chi connectivity index (χ1v) is 12.4. The molecule has 0 saturated carbocycles. The predicted octanol–water partition coefficient (Wildman–Crippen LogP) is 2.71. The molecular formula is C23H24N6O4S. The van der Waals surface area contributed by atoms with Crippen molar-refractivity contribution in [2.45, 2.75) is 30.8 Å². The van der Waals surface area contributed by atoms with Crippen LogP contribution in [0.25, 0.3) is 22.1 Å². The van der Waals surface area contributed by atoms with Gasteiger partial charge in [0.1, 0.15) is 11.3 Å². The number of anilines is 1. The van der Waals surface area contributed by atoms with E-state index in [1.807, 2.05) is 18.2 Å². The van der Waals surface area contributed by atoms with E-state index in [-0.39, 0.29) is 10.8 Å². The van der Waals surface area contributed by atoms with Gasteiger partial charge < -0.3 is 9.30 Å². The lowest BCUT2D eigenvalue weighted by Crippen LogP contribution is -2.31. The number of para-hydroxylation sites is 1. The summed E-state index contributed by atoms with van der Waals surface area (Å²) in [6, 6.07) is 14.0. The number of aryl methyl sites for hydroxylation is 1. The molecule has 0 radical (unpaired) electrons. The number of ether oxygens (including phenoxy) is 1. The van der Waals surface area contributed by atoms with Crippen LogP contribution in [0.4, 0.5) is 5.95 Å². The number of hydrogen-bond donors (Lipinski definition) is 1. The average molecular weight is 481 g/mol. The molecule has 4 aromatic rings. The second kappa shape index (κ2) is 8.65. The van der Waals surface area contributed by atoms with E-state index in [4.69, 9.17) is 4.74 Å². The molecule has 2 aromatic heterocycles. The minimum atomic E-state index is -3.56. The zero-order valence-corrected chi connectivity index (χ0v) is 19.6. The van der Waals surface area contributed by atoms with Crippen molar-refractivity contribution in [3.63, 3.8) is 0 Å². The van der Waals surface area contributed by atoms with Crippen LogP contribution in [0, 0.1) is 0 Å². The number of nitrogens with one attached hydrogen (secondary N) is 1. The molecule has 11 heteroatoms. The van der Waals surface area contributed by atoms with Gasteiger partial charge in [0.25, 0.3) is 11.9 Å². The Morgan fingerprint density at radius 2 is 1.82 bits per heavy atom. The molecule has 1 aliphatic rings. The van der Waals surface area contributed by atoms with Crippen molar-refractivity contribution in [2.24, 2.45) is 7.05 Å². The standard InChI is InChI=1S/C23H24N6O4S/c1-15(33-16-8-4-3-5-9-16)22(30)25-23-24-21-20(26-27-23)18-14-17(10-11-19(18)28(21)2)34(31,32)29-12-6-7-13-29/h3-5,8-11,14-15H,6-7,12-13H2,1-2H3,(H,24,25,27,30). The summed E-state index contributed by atoms with van der Waals surface area (Å²) in [5, 5.41) is 11.6. The lowest BCUT2D eigenvalue weighted by molar-refractivity contribution is -0.122. The highest BCUT2D eigenvalue weighted by atomic mass is 32.2. The highest BCUT2D eigenvalue weighted by molar-refractivity contribution is 7.89. The van der Waals surface area contributed by atoms with Gasteiger partial charge in [-0.2, -0.15) is 9.29 Å². The minimum absolute atomic E-state index is 0.0387. The number of sulfonamides is 1. The van der Waals surface area contributed by atoms with Crippen LogP contribution in [0.1, 0.15) is 19.8 Å². The van der Waals surface area contributed by atoms with Gasteiger partial charge in [-0.15, -0.1) is 10.2 Å². The van der Waals surface area contributed by atoms with Crippen molar-refractivity contribution >= 4 is 43.9 Å². The fourth-order valence-electron chi connectivity index (χ4n) is 4.10. The summed E-state index contributed by atoms with van der Waals surface area (Å²) in [5.74, 6) is 0.201. The summed E-state index contributed by atoms with van der Waals surface area (Å²) in [5.41, 5.74) is 1.71. The monoisotopic (exact) mass is 480 g/mol.